The lowest BCUT2D eigenvalue weighted by Crippen LogP contribution is -2.07. The van der Waals surface area contributed by atoms with E-state index in [0.717, 1.165) is 11.3 Å². The molecule has 0 saturated heterocycles. The van der Waals surface area contributed by atoms with Crippen LogP contribution in [-0.4, -0.2) is 5.91 Å². The van der Waals surface area contributed by atoms with E-state index in [-0.39, 0.29) is 5.91 Å². The standard InChI is InChI=1S/C16H12N2O/c17-12-14-8-6-13(7-9-14)10-11-16(19)18-15-4-2-1-3-5-15/h1-11H,(H,18,19)/b11-10+. The second-order valence-electron chi connectivity index (χ2n) is 3.92. The summed E-state index contributed by atoms with van der Waals surface area (Å²) >= 11 is 0. The van der Waals surface area contributed by atoms with E-state index >= 15 is 0 Å². The molecular formula is C16H12N2O. The Morgan fingerprint density at radius 3 is 2.37 bits per heavy atom. The average Bonchev–Trinajstić information content (AvgIpc) is 2.47. The van der Waals surface area contributed by atoms with Crippen molar-refractivity contribution in [3.8, 4) is 6.07 Å². The predicted molar refractivity (Wildman–Crippen MR) is 75.3 cm³/mol. The van der Waals surface area contributed by atoms with Crippen LogP contribution in [0.2, 0.25) is 0 Å². The van der Waals surface area contributed by atoms with Crippen molar-refractivity contribution in [2.45, 2.75) is 0 Å². The van der Waals surface area contributed by atoms with Crippen molar-refractivity contribution in [2.24, 2.45) is 0 Å². The molecule has 0 unspecified atom stereocenters. The van der Waals surface area contributed by atoms with Gasteiger partial charge in [-0.05, 0) is 35.9 Å². The van der Waals surface area contributed by atoms with Gasteiger partial charge in [-0.25, -0.2) is 0 Å². The molecule has 0 bridgehead atoms. The van der Waals surface area contributed by atoms with Crippen LogP contribution >= 0.6 is 0 Å². The van der Waals surface area contributed by atoms with E-state index < -0.39 is 0 Å². The van der Waals surface area contributed by atoms with Gasteiger partial charge in [0.1, 0.15) is 0 Å². The van der Waals surface area contributed by atoms with Gasteiger partial charge in [-0.3, -0.25) is 4.79 Å². The van der Waals surface area contributed by atoms with Crippen LogP contribution in [0.3, 0.4) is 0 Å². The zero-order valence-electron chi connectivity index (χ0n) is 10.2. The minimum atomic E-state index is -0.185. The van der Waals surface area contributed by atoms with Crippen LogP contribution in [0.4, 0.5) is 5.69 Å². The summed E-state index contributed by atoms with van der Waals surface area (Å²) in [5, 5.41) is 11.4. The third kappa shape index (κ3) is 3.83. The summed E-state index contributed by atoms with van der Waals surface area (Å²) in [6.45, 7) is 0. The topological polar surface area (TPSA) is 52.9 Å². The molecule has 0 fully saturated rings. The van der Waals surface area contributed by atoms with Gasteiger partial charge < -0.3 is 5.32 Å². The third-order valence-electron chi connectivity index (χ3n) is 2.51. The quantitative estimate of drug-likeness (QED) is 0.848. The van der Waals surface area contributed by atoms with Crippen molar-refractivity contribution < 1.29 is 4.79 Å². The lowest BCUT2D eigenvalue weighted by atomic mass is 10.1. The molecule has 2 aromatic rings. The van der Waals surface area contributed by atoms with E-state index in [1.807, 2.05) is 36.4 Å². The van der Waals surface area contributed by atoms with Crippen molar-refractivity contribution in [1.82, 2.24) is 0 Å². The number of nitrogens with one attached hydrogen (secondary N) is 1. The molecule has 19 heavy (non-hydrogen) atoms. The molecule has 0 radical (unpaired) electrons. The lowest BCUT2D eigenvalue weighted by molar-refractivity contribution is -0.111. The second-order valence-corrected chi connectivity index (χ2v) is 3.92. The van der Waals surface area contributed by atoms with Gasteiger partial charge in [0.15, 0.2) is 0 Å². The highest BCUT2D eigenvalue weighted by molar-refractivity contribution is 6.01. The van der Waals surface area contributed by atoms with Crippen LogP contribution in [0, 0.1) is 11.3 Å². The van der Waals surface area contributed by atoms with E-state index in [1.165, 1.54) is 6.08 Å². The molecule has 0 heterocycles. The van der Waals surface area contributed by atoms with Crippen LogP contribution in [0.1, 0.15) is 11.1 Å². The first-order valence-corrected chi connectivity index (χ1v) is 5.82. The molecule has 3 nitrogen and oxygen atoms in total. The molecule has 1 amide bonds. The van der Waals surface area contributed by atoms with Gasteiger partial charge in [0, 0.05) is 11.8 Å². The Balaban J connectivity index is 1.98. The van der Waals surface area contributed by atoms with Crippen molar-refractivity contribution in [3.63, 3.8) is 0 Å². The SMILES string of the molecule is N#Cc1ccc(/C=C/C(=O)Nc2ccccc2)cc1. The zero-order chi connectivity index (χ0) is 13.5. The Hall–Kier alpha value is -2.86. The van der Waals surface area contributed by atoms with Crippen LogP contribution in [-0.2, 0) is 4.79 Å². The van der Waals surface area contributed by atoms with Crippen LogP contribution in [0.5, 0.6) is 0 Å². The summed E-state index contributed by atoms with van der Waals surface area (Å²) < 4.78 is 0. The molecule has 2 rings (SSSR count). The van der Waals surface area contributed by atoms with E-state index in [9.17, 15) is 4.79 Å². The second kappa shape index (κ2) is 6.18. The third-order valence-corrected chi connectivity index (χ3v) is 2.51. The number of nitriles is 1. The molecule has 0 aliphatic rings. The van der Waals surface area contributed by atoms with Gasteiger partial charge in [-0.1, -0.05) is 30.3 Å². The van der Waals surface area contributed by atoms with Gasteiger partial charge in [0.25, 0.3) is 0 Å². The van der Waals surface area contributed by atoms with Gasteiger partial charge in [0.2, 0.25) is 5.91 Å². The average molecular weight is 248 g/mol. The molecule has 1 N–H and O–H groups in total. The number of amides is 1. The molecule has 0 saturated carbocycles. The fourth-order valence-electron chi connectivity index (χ4n) is 1.55. The minimum Gasteiger partial charge on any atom is -0.323 e. The number of carbonyl (C=O) groups is 1. The first-order chi connectivity index (χ1) is 9.28. The molecule has 0 atom stereocenters. The normalized spacial score (nSPS) is 10.1. The zero-order valence-corrected chi connectivity index (χ0v) is 10.2. The number of carbonyl (C=O) groups excluding carboxylic acids is 1. The first-order valence-electron chi connectivity index (χ1n) is 5.82. The Morgan fingerprint density at radius 1 is 1.05 bits per heavy atom. The molecule has 2 aromatic carbocycles. The highest BCUT2D eigenvalue weighted by Crippen LogP contribution is 2.07. The Morgan fingerprint density at radius 2 is 1.74 bits per heavy atom. The van der Waals surface area contributed by atoms with E-state index in [4.69, 9.17) is 5.26 Å². The fraction of sp³-hybridized carbons (Fsp3) is 0. The fourth-order valence-corrected chi connectivity index (χ4v) is 1.55. The molecule has 0 aliphatic heterocycles. The number of hydrogen-bond acceptors (Lipinski definition) is 2. The van der Waals surface area contributed by atoms with Crippen molar-refractivity contribution in [3.05, 3.63) is 71.8 Å². The van der Waals surface area contributed by atoms with E-state index in [2.05, 4.69) is 5.32 Å². The van der Waals surface area contributed by atoms with Crippen LogP contribution < -0.4 is 5.32 Å². The molecule has 0 aromatic heterocycles. The number of benzene rings is 2. The van der Waals surface area contributed by atoms with Gasteiger partial charge in [-0.2, -0.15) is 5.26 Å². The Labute approximate surface area is 111 Å². The largest absolute Gasteiger partial charge is 0.323 e. The van der Waals surface area contributed by atoms with Crippen molar-refractivity contribution in [1.29, 1.82) is 5.26 Å². The summed E-state index contributed by atoms with van der Waals surface area (Å²) in [6.07, 6.45) is 3.17. The van der Waals surface area contributed by atoms with E-state index in [0.29, 0.717) is 5.56 Å². The molecule has 0 spiro atoms. The number of hydrogen-bond donors (Lipinski definition) is 1. The molecular weight excluding hydrogens is 236 g/mol. The summed E-state index contributed by atoms with van der Waals surface area (Å²) in [5.41, 5.74) is 2.24. The summed E-state index contributed by atoms with van der Waals surface area (Å²) in [7, 11) is 0. The predicted octanol–water partition coefficient (Wildman–Crippen LogP) is 3.21. The maximum Gasteiger partial charge on any atom is 0.248 e. The maximum absolute atomic E-state index is 11.7. The maximum atomic E-state index is 11.7. The summed E-state index contributed by atoms with van der Waals surface area (Å²) in [6, 6.07) is 18.3. The Bertz CT molecular complexity index is 622. The molecule has 3 heteroatoms. The van der Waals surface area contributed by atoms with E-state index in [1.54, 1.807) is 30.3 Å². The minimum absolute atomic E-state index is 0.185. The highest BCUT2D eigenvalue weighted by Gasteiger charge is 1.96. The number of anilines is 1. The number of para-hydroxylation sites is 1. The number of rotatable bonds is 3. The van der Waals surface area contributed by atoms with Crippen LogP contribution in [0.15, 0.2) is 60.7 Å². The van der Waals surface area contributed by atoms with Crippen LogP contribution in [0.25, 0.3) is 6.08 Å². The summed E-state index contributed by atoms with van der Waals surface area (Å²) in [5.74, 6) is -0.185. The van der Waals surface area contributed by atoms with Crippen molar-refractivity contribution >= 4 is 17.7 Å². The van der Waals surface area contributed by atoms with Gasteiger partial charge in [0.05, 0.1) is 11.6 Å². The highest BCUT2D eigenvalue weighted by atomic mass is 16.1. The summed E-state index contributed by atoms with van der Waals surface area (Å²) in [4.78, 5) is 11.7. The van der Waals surface area contributed by atoms with Gasteiger partial charge >= 0.3 is 0 Å². The monoisotopic (exact) mass is 248 g/mol. The molecule has 0 aliphatic carbocycles. The Kier molecular flexibility index (Phi) is 4.09. The van der Waals surface area contributed by atoms with Crippen molar-refractivity contribution in [2.75, 3.05) is 5.32 Å². The van der Waals surface area contributed by atoms with Gasteiger partial charge in [-0.15, -0.1) is 0 Å². The molecule has 92 valence electrons. The first kappa shape index (κ1) is 12.6. The number of nitrogens with zero attached hydrogens (tertiary/aromatic N) is 1. The lowest BCUT2D eigenvalue weighted by Gasteiger charge is -2.00. The smallest absolute Gasteiger partial charge is 0.248 e.